The maximum atomic E-state index is 13.9. The van der Waals surface area contributed by atoms with Gasteiger partial charge in [-0.05, 0) is 27.9 Å². The van der Waals surface area contributed by atoms with E-state index in [1.807, 2.05) is 5.32 Å². The minimum atomic E-state index is -1.11. The predicted molar refractivity (Wildman–Crippen MR) is 73.4 cm³/mol. The number of urea groups is 1. The van der Waals surface area contributed by atoms with Gasteiger partial charge in [0.25, 0.3) is 0 Å². The van der Waals surface area contributed by atoms with Crippen LogP contribution < -0.4 is 10.2 Å². The molecule has 4 amide bonds. The van der Waals surface area contributed by atoms with Crippen LogP contribution in [0, 0.1) is 23.5 Å². The third kappa shape index (κ3) is 2.67. The Morgan fingerprint density at radius 3 is 2.38 bits per heavy atom. The number of carbonyl (C=O) groups is 3. The normalized spacial score (nSPS) is 19.2. The van der Waals surface area contributed by atoms with Crippen LogP contribution in [-0.2, 0) is 9.59 Å². The van der Waals surface area contributed by atoms with Gasteiger partial charge < -0.3 is 0 Å². The van der Waals surface area contributed by atoms with Gasteiger partial charge in [0.05, 0.1) is 0 Å². The zero-order valence-electron chi connectivity index (χ0n) is 11.1. The number of anilines is 1. The summed E-state index contributed by atoms with van der Waals surface area (Å²) in [5.74, 6) is -5.00. The molecule has 0 aromatic heterocycles. The highest BCUT2D eigenvalue weighted by Gasteiger charge is 2.44. The first-order valence-electron chi connectivity index (χ1n) is 6.07. The van der Waals surface area contributed by atoms with Gasteiger partial charge in [-0.2, -0.15) is 0 Å². The highest BCUT2D eigenvalue weighted by molar-refractivity contribution is 9.10. The molecular weight excluding hydrogens is 350 g/mol. The summed E-state index contributed by atoms with van der Waals surface area (Å²) < 4.78 is 27.0. The van der Waals surface area contributed by atoms with E-state index in [0.29, 0.717) is 11.0 Å². The van der Waals surface area contributed by atoms with Crippen molar-refractivity contribution in [1.29, 1.82) is 0 Å². The zero-order valence-corrected chi connectivity index (χ0v) is 12.7. The molecule has 1 heterocycles. The molecule has 0 saturated carbocycles. The van der Waals surface area contributed by atoms with Crippen LogP contribution in [0.2, 0.25) is 0 Å². The number of nitrogens with zero attached hydrogens (tertiary/aromatic N) is 1. The van der Waals surface area contributed by atoms with Gasteiger partial charge in [-0.25, -0.2) is 18.5 Å². The standard InChI is InChI=1S/C13H11BrF2N2O3/c1-5(2)9-11(19)17-13(21)18(12(9)20)10-7(14)3-6(15)4-8(10)16/h3-5,9H,1-2H3,(H,17,19,21). The number of amides is 4. The molecule has 0 aliphatic carbocycles. The minimum absolute atomic E-state index is 0.0969. The van der Waals surface area contributed by atoms with Crippen molar-refractivity contribution < 1.29 is 23.2 Å². The third-order valence-corrected chi connectivity index (χ3v) is 3.68. The molecule has 2 rings (SSSR count). The van der Waals surface area contributed by atoms with E-state index in [9.17, 15) is 23.2 Å². The van der Waals surface area contributed by atoms with Crippen LogP contribution in [0.3, 0.4) is 0 Å². The first-order valence-corrected chi connectivity index (χ1v) is 6.86. The number of carbonyl (C=O) groups excluding carboxylic acids is 3. The fraction of sp³-hybridized carbons (Fsp3) is 0.308. The van der Waals surface area contributed by atoms with Gasteiger partial charge in [0, 0.05) is 10.5 Å². The molecule has 112 valence electrons. The SMILES string of the molecule is CC(C)C1C(=O)NC(=O)N(c2c(F)cc(F)cc2Br)C1=O. The quantitative estimate of drug-likeness (QED) is 0.824. The maximum absolute atomic E-state index is 13.9. The maximum Gasteiger partial charge on any atom is 0.335 e. The molecule has 1 aliphatic heterocycles. The number of barbiturate groups is 1. The Bertz CT molecular complexity index is 625. The van der Waals surface area contributed by atoms with E-state index >= 15 is 0 Å². The lowest BCUT2D eigenvalue weighted by Crippen LogP contribution is -2.59. The van der Waals surface area contributed by atoms with Gasteiger partial charge in [-0.3, -0.25) is 14.9 Å². The smallest absolute Gasteiger partial charge is 0.277 e. The largest absolute Gasteiger partial charge is 0.335 e. The Hall–Kier alpha value is -1.83. The molecule has 0 bridgehead atoms. The van der Waals surface area contributed by atoms with Gasteiger partial charge in [0.15, 0.2) is 5.82 Å². The van der Waals surface area contributed by atoms with Crippen LogP contribution in [0.4, 0.5) is 19.3 Å². The van der Waals surface area contributed by atoms with Crippen molar-refractivity contribution in [1.82, 2.24) is 5.32 Å². The molecule has 1 saturated heterocycles. The number of hydrogen-bond donors (Lipinski definition) is 1. The van der Waals surface area contributed by atoms with Crippen molar-refractivity contribution in [3.05, 3.63) is 28.2 Å². The first kappa shape index (κ1) is 15.6. The second-order valence-corrected chi connectivity index (χ2v) is 5.76. The van der Waals surface area contributed by atoms with Crippen LogP contribution >= 0.6 is 15.9 Å². The Labute approximate surface area is 127 Å². The van der Waals surface area contributed by atoms with Crippen molar-refractivity contribution >= 4 is 39.5 Å². The van der Waals surface area contributed by atoms with Gasteiger partial charge >= 0.3 is 6.03 Å². The van der Waals surface area contributed by atoms with E-state index in [0.717, 1.165) is 6.07 Å². The molecule has 0 spiro atoms. The summed E-state index contributed by atoms with van der Waals surface area (Å²) in [4.78, 5) is 36.4. The third-order valence-electron chi connectivity index (χ3n) is 3.07. The molecule has 1 unspecified atom stereocenters. The van der Waals surface area contributed by atoms with Gasteiger partial charge in [0.1, 0.15) is 17.4 Å². The van der Waals surface area contributed by atoms with Gasteiger partial charge in [-0.1, -0.05) is 13.8 Å². The first-order chi connectivity index (χ1) is 9.73. The Morgan fingerprint density at radius 1 is 1.24 bits per heavy atom. The fourth-order valence-electron chi connectivity index (χ4n) is 2.14. The van der Waals surface area contributed by atoms with E-state index in [4.69, 9.17) is 0 Å². The lowest BCUT2D eigenvalue weighted by molar-refractivity contribution is -0.136. The Morgan fingerprint density at radius 2 is 1.86 bits per heavy atom. The molecule has 1 aromatic carbocycles. The van der Waals surface area contributed by atoms with Crippen LogP contribution in [0.1, 0.15) is 13.8 Å². The molecule has 8 heteroatoms. The van der Waals surface area contributed by atoms with Crippen molar-refractivity contribution in [2.75, 3.05) is 4.90 Å². The topological polar surface area (TPSA) is 66.5 Å². The highest BCUT2D eigenvalue weighted by Crippen LogP contribution is 2.33. The summed E-state index contributed by atoms with van der Waals surface area (Å²) in [6.45, 7) is 3.26. The van der Waals surface area contributed by atoms with Crippen LogP contribution in [0.15, 0.2) is 16.6 Å². The number of halogens is 3. The summed E-state index contributed by atoms with van der Waals surface area (Å²) in [7, 11) is 0. The summed E-state index contributed by atoms with van der Waals surface area (Å²) in [5.41, 5.74) is -0.419. The van der Waals surface area contributed by atoms with Crippen LogP contribution in [0.5, 0.6) is 0 Å². The second-order valence-electron chi connectivity index (χ2n) is 4.91. The average molecular weight is 361 g/mol. The number of rotatable bonds is 2. The second kappa shape index (κ2) is 5.51. The van der Waals surface area contributed by atoms with E-state index in [-0.39, 0.29) is 10.4 Å². The zero-order chi connectivity index (χ0) is 15.9. The fourth-order valence-corrected chi connectivity index (χ4v) is 2.72. The van der Waals surface area contributed by atoms with Crippen LogP contribution in [-0.4, -0.2) is 17.8 Å². The molecule has 0 radical (unpaired) electrons. The lowest BCUT2D eigenvalue weighted by atomic mass is 9.92. The molecule has 1 fully saturated rings. The molecule has 1 aromatic rings. The van der Waals surface area contributed by atoms with Crippen LogP contribution in [0.25, 0.3) is 0 Å². The van der Waals surface area contributed by atoms with Crippen molar-refractivity contribution in [2.45, 2.75) is 13.8 Å². The summed E-state index contributed by atoms with van der Waals surface area (Å²) in [6.07, 6.45) is 0. The molecule has 5 nitrogen and oxygen atoms in total. The summed E-state index contributed by atoms with van der Waals surface area (Å²) >= 11 is 2.92. The average Bonchev–Trinajstić information content (AvgIpc) is 2.30. The van der Waals surface area contributed by atoms with Crippen molar-refractivity contribution in [3.63, 3.8) is 0 Å². The molecule has 1 atom stereocenters. The number of nitrogens with one attached hydrogen (secondary N) is 1. The Balaban J connectivity index is 2.55. The van der Waals surface area contributed by atoms with Gasteiger partial charge in [-0.15, -0.1) is 0 Å². The van der Waals surface area contributed by atoms with Crippen molar-refractivity contribution in [2.24, 2.45) is 11.8 Å². The summed E-state index contributed by atoms with van der Waals surface area (Å²) in [5, 5.41) is 2.00. The summed E-state index contributed by atoms with van der Waals surface area (Å²) in [6, 6.07) is 0.425. The highest BCUT2D eigenvalue weighted by atomic mass is 79.9. The monoisotopic (exact) mass is 360 g/mol. The van der Waals surface area contributed by atoms with Crippen molar-refractivity contribution in [3.8, 4) is 0 Å². The lowest BCUT2D eigenvalue weighted by Gasteiger charge is -2.32. The van der Waals surface area contributed by atoms with E-state index in [2.05, 4.69) is 15.9 Å². The molecular formula is C13H11BrF2N2O3. The molecule has 1 aliphatic rings. The minimum Gasteiger partial charge on any atom is -0.277 e. The Kier molecular flexibility index (Phi) is 4.08. The molecule has 1 N–H and O–H groups in total. The van der Waals surface area contributed by atoms with E-state index < -0.39 is 41.1 Å². The molecule has 21 heavy (non-hydrogen) atoms. The predicted octanol–water partition coefficient (Wildman–Crippen LogP) is 2.58. The number of imide groups is 2. The number of benzene rings is 1. The van der Waals surface area contributed by atoms with E-state index in [1.54, 1.807) is 13.8 Å². The van der Waals surface area contributed by atoms with Gasteiger partial charge in [0.2, 0.25) is 11.8 Å². The van der Waals surface area contributed by atoms with E-state index in [1.165, 1.54) is 0 Å². The number of hydrogen-bond acceptors (Lipinski definition) is 3.